The molecule has 112 valence electrons. The minimum atomic E-state index is -0.499. The highest BCUT2D eigenvalue weighted by molar-refractivity contribution is 6.40. The molecule has 1 heterocycles. The average molecular weight is 337 g/mol. The van der Waals surface area contributed by atoms with E-state index in [-0.39, 0.29) is 35.0 Å². The normalized spacial score (nSPS) is 9.86. The summed E-state index contributed by atoms with van der Waals surface area (Å²) in [5.41, 5.74) is 0.827. The largest absolute Gasteiger partial charge is 0.460 e. The number of aromatic nitrogens is 2. The summed E-state index contributed by atoms with van der Waals surface area (Å²) in [6.45, 7) is -0.00628. The molecule has 2 rings (SSSR count). The quantitative estimate of drug-likeness (QED) is 0.844. The van der Waals surface area contributed by atoms with Crippen LogP contribution in [0.1, 0.15) is 11.3 Å². The van der Waals surface area contributed by atoms with Crippen molar-refractivity contribution < 1.29 is 9.53 Å². The topological polar surface area (TPSA) is 87.9 Å². The average Bonchev–Trinajstić information content (AvgIpc) is 2.54. The van der Waals surface area contributed by atoms with Crippen molar-refractivity contribution in [1.29, 1.82) is 5.26 Å². The zero-order valence-corrected chi connectivity index (χ0v) is 12.7. The molecule has 1 N–H and O–H groups in total. The maximum absolute atomic E-state index is 11.7. The van der Waals surface area contributed by atoms with Gasteiger partial charge in [0.2, 0.25) is 0 Å². The minimum Gasteiger partial charge on any atom is -0.460 e. The second-order valence-electron chi connectivity index (χ2n) is 4.11. The van der Waals surface area contributed by atoms with Crippen molar-refractivity contribution in [2.24, 2.45) is 0 Å². The molecule has 0 aliphatic carbocycles. The van der Waals surface area contributed by atoms with Crippen LogP contribution in [0.25, 0.3) is 0 Å². The molecule has 8 heteroatoms. The summed E-state index contributed by atoms with van der Waals surface area (Å²) in [6, 6.07) is 11.1. The van der Waals surface area contributed by atoms with Gasteiger partial charge in [-0.3, -0.25) is 4.79 Å². The first-order chi connectivity index (χ1) is 10.6. The van der Waals surface area contributed by atoms with E-state index in [9.17, 15) is 4.79 Å². The third kappa shape index (κ3) is 4.32. The van der Waals surface area contributed by atoms with Gasteiger partial charge in [-0.25, -0.2) is 9.97 Å². The maximum Gasteiger partial charge on any atom is 0.325 e. The van der Waals surface area contributed by atoms with Crippen LogP contribution in [-0.4, -0.2) is 22.5 Å². The molecular formula is C14H10Cl2N4O2. The number of halogens is 2. The molecule has 0 saturated carbocycles. The van der Waals surface area contributed by atoms with E-state index in [1.165, 1.54) is 0 Å². The number of nitriles is 1. The van der Waals surface area contributed by atoms with E-state index in [4.69, 9.17) is 33.2 Å². The summed E-state index contributed by atoms with van der Waals surface area (Å²) in [6.07, 6.45) is 0. The third-order valence-corrected chi connectivity index (χ3v) is 3.19. The van der Waals surface area contributed by atoms with Gasteiger partial charge in [-0.1, -0.05) is 53.5 Å². The Morgan fingerprint density at radius 1 is 1.23 bits per heavy atom. The highest BCUT2D eigenvalue weighted by atomic mass is 35.5. The van der Waals surface area contributed by atoms with Gasteiger partial charge < -0.3 is 10.1 Å². The van der Waals surface area contributed by atoms with E-state index in [0.717, 1.165) is 5.56 Å². The van der Waals surface area contributed by atoms with Gasteiger partial charge >= 0.3 is 5.97 Å². The smallest absolute Gasteiger partial charge is 0.325 e. The summed E-state index contributed by atoms with van der Waals surface area (Å²) < 4.78 is 5.09. The van der Waals surface area contributed by atoms with Gasteiger partial charge in [0.05, 0.1) is 0 Å². The van der Waals surface area contributed by atoms with E-state index >= 15 is 0 Å². The summed E-state index contributed by atoms with van der Waals surface area (Å²) in [5.74, 6) is -0.422. The van der Waals surface area contributed by atoms with E-state index in [1.54, 1.807) is 0 Å². The van der Waals surface area contributed by atoms with Gasteiger partial charge in [0.25, 0.3) is 0 Å². The maximum atomic E-state index is 11.7. The van der Waals surface area contributed by atoms with Crippen LogP contribution in [0.5, 0.6) is 0 Å². The first-order valence-corrected chi connectivity index (χ1v) is 6.92. The van der Waals surface area contributed by atoms with Crippen molar-refractivity contribution in [2.45, 2.75) is 6.61 Å². The Morgan fingerprint density at radius 3 is 2.59 bits per heavy atom. The molecular weight excluding hydrogens is 327 g/mol. The van der Waals surface area contributed by atoms with Gasteiger partial charge in [0.15, 0.2) is 21.8 Å². The molecule has 0 spiro atoms. The number of nitrogens with one attached hydrogen (secondary N) is 1. The van der Waals surface area contributed by atoms with Crippen LogP contribution in [0.4, 0.5) is 5.82 Å². The Labute approximate surface area is 136 Å². The Bertz CT molecular complexity index is 717. The van der Waals surface area contributed by atoms with Crippen LogP contribution in [0.2, 0.25) is 10.3 Å². The monoisotopic (exact) mass is 336 g/mol. The number of benzene rings is 1. The summed E-state index contributed by atoms with van der Waals surface area (Å²) in [7, 11) is 0. The van der Waals surface area contributed by atoms with E-state index in [0.29, 0.717) is 0 Å². The number of ether oxygens (including phenoxy) is 1. The number of carbonyl (C=O) groups is 1. The summed E-state index contributed by atoms with van der Waals surface area (Å²) >= 11 is 11.4. The van der Waals surface area contributed by atoms with Gasteiger partial charge in [-0.05, 0) is 5.56 Å². The molecule has 0 aliphatic heterocycles. The lowest BCUT2D eigenvalue weighted by molar-refractivity contribution is -0.142. The predicted molar refractivity (Wildman–Crippen MR) is 81.5 cm³/mol. The van der Waals surface area contributed by atoms with Gasteiger partial charge in [-0.2, -0.15) is 5.26 Å². The molecule has 0 atom stereocenters. The second-order valence-corrected chi connectivity index (χ2v) is 4.83. The SMILES string of the molecule is N#Cc1nc(Cl)c(Cl)nc1NCC(=O)OCc1ccccc1. The van der Waals surface area contributed by atoms with Gasteiger partial charge in [-0.15, -0.1) is 0 Å². The number of hydrogen-bond donors (Lipinski definition) is 1. The zero-order valence-electron chi connectivity index (χ0n) is 11.2. The lowest BCUT2D eigenvalue weighted by Crippen LogP contribution is -2.18. The van der Waals surface area contributed by atoms with E-state index in [2.05, 4.69) is 15.3 Å². The molecule has 2 aromatic rings. The Morgan fingerprint density at radius 2 is 1.91 bits per heavy atom. The number of carbonyl (C=O) groups excluding carboxylic acids is 1. The van der Waals surface area contributed by atoms with Gasteiger partial charge in [0.1, 0.15) is 19.2 Å². The van der Waals surface area contributed by atoms with Crippen molar-refractivity contribution >= 4 is 35.0 Å². The van der Waals surface area contributed by atoms with Crippen molar-refractivity contribution in [3.05, 3.63) is 51.9 Å². The molecule has 1 aromatic heterocycles. The number of nitrogens with zero attached hydrogens (tertiary/aromatic N) is 3. The lowest BCUT2D eigenvalue weighted by Gasteiger charge is -2.08. The van der Waals surface area contributed by atoms with Crippen LogP contribution in [0.3, 0.4) is 0 Å². The molecule has 22 heavy (non-hydrogen) atoms. The number of rotatable bonds is 5. The van der Waals surface area contributed by atoms with Crippen LogP contribution < -0.4 is 5.32 Å². The fourth-order valence-corrected chi connectivity index (χ4v) is 1.79. The summed E-state index contributed by atoms with van der Waals surface area (Å²) in [4.78, 5) is 19.3. The van der Waals surface area contributed by atoms with E-state index < -0.39 is 5.97 Å². The minimum absolute atomic E-state index is 0.0507. The zero-order chi connectivity index (χ0) is 15.9. The molecule has 0 bridgehead atoms. The number of hydrogen-bond acceptors (Lipinski definition) is 6. The number of esters is 1. The standard InChI is InChI=1S/C14H10Cl2N4O2/c15-12-13(16)20-14(10(6-17)19-12)18-7-11(21)22-8-9-4-2-1-3-5-9/h1-5H,7-8H2,(H,18,20). The molecule has 6 nitrogen and oxygen atoms in total. The predicted octanol–water partition coefficient (Wildman–Crippen LogP) is 2.81. The fraction of sp³-hybridized carbons (Fsp3) is 0.143. The molecule has 0 fully saturated rings. The molecule has 0 amide bonds. The van der Waals surface area contributed by atoms with Crippen LogP contribution in [0.15, 0.2) is 30.3 Å². The van der Waals surface area contributed by atoms with Crippen LogP contribution >= 0.6 is 23.2 Å². The summed E-state index contributed by atoms with van der Waals surface area (Å²) in [5, 5.41) is 11.5. The first-order valence-electron chi connectivity index (χ1n) is 6.16. The van der Waals surface area contributed by atoms with Crippen molar-refractivity contribution in [2.75, 3.05) is 11.9 Å². The third-order valence-electron chi connectivity index (χ3n) is 2.56. The lowest BCUT2D eigenvalue weighted by atomic mass is 10.2. The number of anilines is 1. The molecule has 0 unspecified atom stereocenters. The molecule has 0 aliphatic rings. The Balaban J connectivity index is 1.91. The Hall–Kier alpha value is -2.36. The molecule has 0 radical (unpaired) electrons. The second kappa shape index (κ2) is 7.59. The fourth-order valence-electron chi connectivity index (χ4n) is 1.54. The van der Waals surface area contributed by atoms with Gasteiger partial charge in [0, 0.05) is 0 Å². The van der Waals surface area contributed by atoms with Crippen LogP contribution in [0, 0.1) is 11.3 Å². The van der Waals surface area contributed by atoms with Crippen LogP contribution in [-0.2, 0) is 16.1 Å². The van der Waals surface area contributed by atoms with Crippen molar-refractivity contribution in [3.63, 3.8) is 0 Å². The highest BCUT2D eigenvalue weighted by Gasteiger charge is 2.12. The van der Waals surface area contributed by atoms with Crippen molar-refractivity contribution in [3.8, 4) is 6.07 Å². The van der Waals surface area contributed by atoms with Crippen molar-refractivity contribution in [1.82, 2.24) is 9.97 Å². The van der Waals surface area contributed by atoms with E-state index in [1.807, 2.05) is 36.4 Å². The first kappa shape index (κ1) is 16.0. The Kier molecular flexibility index (Phi) is 5.53. The molecule has 1 aromatic carbocycles. The highest BCUT2D eigenvalue weighted by Crippen LogP contribution is 2.21. The molecule has 0 saturated heterocycles.